The Morgan fingerprint density at radius 3 is 2.32 bits per heavy atom. The average molecular weight is 460 g/mol. The lowest BCUT2D eigenvalue weighted by Crippen LogP contribution is -2.40. The van der Waals surface area contributed by atoms with Crippen molar-refractivity contribution in [2.75, 3.05) is 11.9 Å². The number of fused-ring (bicyclic) bond motifs is 1. The zero-order valence-electron chi connectivity index (χ0n) is 19.1. The summed E-state index contributed by atoms with van der Waals surface area (Å²) in [6.45, 7) is 1.54. The van der Waals surface area contributed by atoms with Crippen molar-refractivity contribution >= 4 is 28.6 Å². The Kier molecular flexibility index (Phi) is 6.18. The molecule has 0 aliphatic rings. The Hall–Kier alpha value is -4.40. The van der Waals surface area contributed by atoms with E-state index in [9.17, 15) is 19.2 Å². The highest BCUT2D eigenvalue weighted by atomic mass is 16.5. The molecule has 2 aromatic heterocycles. The zero-order chi connectivity index (χ0) is 24.4. The molecule has 0 aliphatic heterocycles. The summed E-state index contributed by atoms with van der Waals surface area (Å²) in [5.41, 5.74) is 1.56. The van der Waals surface area contributed by atoms with Gasteiger partial charge in [0.05, 0.1) is 23.4 Å². The summed E-state index contributed by atoms with van der Waals surface area (Å²) < 4.78 is 8.97. The number of anilines is 1. The highest BCUT2D eigenvalue weighted by Gasteiger charge is 2.21. The number of carbonyl (C=O) groups excluding carboxylic acids is 2. The number of amides is 1. The molecule has 0 saturated heterocycles. The number of ether oxygens (including phenoxy) is 1. The van der Waals surface area contributed by atoms with Crippen molar-refractivity contribution in [3.8, 4) is 11.1 Å². The van der Waals surface area contributed by atoms with E-state index in [0.717, 1.165) is 10.1 Å². The van der Waals surface area contributed by atoms with E-state index in [4.69, 9.17) is 4.74 Å². The Bertz CT molecular complexity index is 1510. The van der Waals surface area contributed by atoms with Crippen molar-refractivity contribution < 1.29 is 14.3 Å². The van der Waals surface area contributed by atoms with Crippen LogP contribution in [0.15, 0.2) is 70.4 Å². The molecule has 4 aromatic rings. The van der Waals surface area contributed by atoms with Crippen molar-refractivity contribution in [3.05, 3.63) is 87.2 Å². The van der Waals surface area contributed by atoms with Gasteiger partial charge >= 0.3 is 11.7 Å². The number of nitrogens with zero attached hydrogens (tertiary/aromatic N) is 3. The van der Waals surface area contributed by atoms with E-state index in [0.29, 0.717) is 16.6 Å². The molecule has 0 saturated carbocycles. The Morgan fingerprint density at radius 2 is 1.62 bits per heavy atom. The fourth-order valence-corrected chi connectivity index (χ4v) is 3.95. The topological polar surface area (TPSA) is 104 Å². The molecule has 0 aliphatic carbocycles. The van der Waals surface area contributed by atoms with Gasteiger partial charge in [-0.15, -0.1) is 0 Å². The molecule has 0 bridgehead atoms. The maximum absolute atomic E-state index is 13.1. The summed E-state index contributed by atoms with van der Waals surface area (Å²) in [4.78, 5) is 51.3. The van der Waals surface area contributed by atoms with E-state index < -0.39 is 23.1 Å². The van der Waals surface area contributed by atoms with Gasteiger partial charge in [0.25, 0.3) is 5.56 Å². The van der Waals surface area contributed by atoms with E-state index in [2.05, 4.69) is 5.32 Å². The van der Waals surface area contributed by atoms with Gasteiger partial charge in [-0.25, -0.2) is 9.59 Å². The number of hydrogen-bond acceptors (Lipinski definition) is 5. The number of esters is 1. The van der Waals surface area contributed by atoms with Crippen LogP contribution in [0.4, 0.5) is 5.69 Å². The quantitative estimate of drug-likeness (QED) is 0.445. The van der Waals surface area contributed by atoms with Crippen molar-refractivity contribution in [3.63, 3.8) is 0 Å². The molecule has 0 radical (unpaired) electrons. The zero-order valence-corrected chi connectivity index (χ0v) is 19.1. The van der Waals surface area contributed by atoms with Gasteiger partial charge in [0.1, 0.15) is 12.1 Å². The number of aromatic nitrogens is 3. The molecule has 1 N–H and O–H groups in total. The second-order valence-electron chi connectivity index (χ2n) is 7.76. The van der Waals surface area contributed by atoms with E-state index in [-0.39, 0.29) is 24.4 Å². The lowest BCUT2D eigenvalue weighted by molar-refractivity contribution is -0.116. The van der Waals surface area contributed by atoms with E-state index in [1.54, 1.807) is 49.0 Å². The molecule has 2 heterocycles. The summed E-state index contributed by atoms with van der Waals surface area (Å²) in [6, 6.07) is 15.8. The first kappa shape index (κ1) is 22.8. The first-order valence-electron chi connectivity index (χ1n) is 10.7. The van der Waals surface area contributed by atoms with Crippen LogP contribution < -0.4 is 16.6 Å². The smallest absolute Gasteiger partial charge is 0.340 e. The molecule has 1 amide bonds. The molecule has 0 spiro atoms. The number of hydrogen-bond donors (Lipinski definition) is 1. The van der Waals surface area contributed by atoms with Gasteiger partial charge in [-0.1, -0.05) is 42.5 Å². The third-order valence-electron chi connectivity index (χ3n) is 5.53. The van der Waals surface area contributed by atoms with Gasteiger partial charge in [-0.3, -0.25) is 18.7 Å². The maximum atomic E-state index is 13.1. The third kappa shape index (κ3) is 4.03. The summed E-state index contributed by atoms with van der Waals surface area (Å²) in [5.74, 6) is -1.09. The minimum atomic E-state index is -0.616. The lowest BCUT2D eigenvalue weighted by atomic mass is 10.1. The van der Waals surface area contributed by atoms with Crippen LogP contribution in [-0.2, 0) is 30.2 Å². The van der Waals surface area contributed by atoms with E-state index in [1.165, 1.54) is 11.6 Å². The minimum absolute atomic E-state index is 0.197. The molecule has 9 heteroatoms. The SMILES string of the molecule is CCOC(=O)c1ccccc1NC(=O)Cn1c(=O)n(C)c(=O)c2c1c(-c1ccccc1)cn2C. The van der Waals surface area contributed by atoms with Crippen molar-refractivity contribution in [1.29, 1.82) is 0 Å². The van der Waals surface area contributed by atoms with Crippen molar-refractivity contribution in [2.45, 2.75) is 13.5 Å². The van der Waals surface area contributed by atoms with Crippen LogP contribution in [0.1, 0.15) is 17.3 Å². The number of carbonyl (C=O) groups is 2. The van der Waals surface area contributed by atoms with Crippen LogP contribution in [0, 0.1) is 0 Å². The van der Waals surface area contributed by atoms with E-state index >= 15 is 0 Å². The predicted octanol–water partition coefficient (Wildman–Crippen LogP) is 2.52. The molecule has 0 unspecified atom stereocenters. The fraction of sp³-hybridized carbons (Fsp3) is 0.200. The highest BCUT2D eigenvalue weighted by Crippen LogP contribution is 2.28. The number of rotatable bonds is 6. The fourth-order valence-electron chi connectivity index (χ4n) is 3.95. The van der Waals surface area contributed by atoms with Crippen LogP contribution in [0.2, 0.25) is 0 Å². The van der Waals surface area contributed by atoms with Crippen LogP contribution in [-0.4, -0.2) is 32.2 Å². The molecular weight excluding hydrogens is 436 g/mol. The van der Waals surface area contributed by atoms with Gasteiger partial charge in [0, 0.05) is 25.9 Å². The molecule has 0 fully saturated rings. The first-order valence-corrected chi connectivity index (χ1v) is 10.7. The van der Waals surface area contributed by atoms with Gasteiger partial charge < -0.3 is 14.6 Å². The molecule has 0 atom stereocenters. The van der Waals surface area contributed by atoms with E-state index in [1.807, 2.05) is 30.3 Å². The standard InChI is InChI=1S/C25H24N4O5/c1-4-34-24(32)17-12-8-9-13-19(17)26-20(30)15-29-21-18(16-10-6-5-7-11-16)14-27(2)22(21)23(31)28(3)25(29)33/h5-14H,4,15H2,1-3H3,(H,26,30). The van der Waals surface area contributed by atoms with Gasteiger partial charge in [0.2, 0.25) is 5.91 Å². The van der Waals surface area contributed by atoms with Gasteiger partial charge in [0.15, 0.2) is 0 Å². The summed E-state index contributed by atoms with van der Waals surface area (Å²) in [5, 5.41) is 2.70. The van der Waals surface area contributed by atoms with Crippen molar-refractivity contribution in [2.24, 2.45) is 14.1 Å². The van der Waals surface area contributed by atoms with Crippen LogP contribution in [0.25, 0.3) is 22.2 Å². The number of aryl methyl sites for hydroxylation is 1. The van der Waals surface area contributed by atoms with Crippen LogP contribution in [0.5, 0.6) is 0 Å². The Labute approximate surface area is 194 Å². The normalized spacial score (nSPS) is 10.9. The number of benzene rings is 2. The Morgan fingerprint density at radius 1 is 0.941 bits per heavy atom. The molecule has 2 aromatic carbocycles. The average Bonchev–Trinajstić information content (AvgIpc) is 3.18. The van der Waals surface area contributed by atoms with Gasteiger partial charge in [-0.05, 0) is 24.6 Å². The van der Waals surface area contributed by atoms with Crippen molar-refractivity contribution in [1.82, 2.24) is 13.7 Å². The minimum Gasteiger partial charge on any atom is -0.462 e. The predicted molar refractivity (Wildman–Crippen MR) is 129 cm³/mol. The molecule has 9 nitrogen and oxygen atoms in total. The third-order valence-corrected chi connectivity index (χ3v) is 5.53. The van der Waals surface area contributed by atoms with Crippen LogP contribution in [0.3, 0.4) is 0 Å². The molecule has 34 heavy (non-hydrogen) atoms. The van der Waals surface area contributed by atoms with Crippen LogP contribution >= 0.6 is 0 Å². The largest absolute Gasteiger partial charge is 0.462 e. The maximum Gasteiger partial charge on any atom is 0.340 e. The summed E-state index contributed by atoms with van der Waals surface area (Å²) in [7, 11) is 3.10. The second-order valence-corrected chi connectivity index (χ2v) is 7.76. The number of nitrogens with one attached hydrogen (secondary N) is 1. The first-order chi connectivity index (χ1) is 16.3. The molecular formula is C25H24N4O5. The Balaban J connectivity index is 1.80. The molecule has 174 valence electrons. The summed E-state index contributed by atoms with van der Waals surface area (Å²) >= 11 is 0. The summed E-state index contributed by atoms with van der Waals surface area (Å²) in [6.07, 6.45) is 1.77. The monoisotopic (exact) mass is 460 g/mol. The lowest BCUT2D eigenvalue weighted by Gasteiger charge is -2.14. The number of para-hydroxylation sites is 1. The second kappa shape index (κ2) is 9.22. The highest BCUT2D eigenvalue weighted by molar-refractivity contribution is 6.02. The van der Waals surface area contributed by atoms with Gasteiger partial charge in [-0.2, -0.15) is 0 Å². The molecule has 4 rings (SSSR count).